The van der Waals surface area contributed by atoms with Crippen molar-refractivity contribution in [3.05, 3.63) is 0 Å². The Bertz CT molecular complexity index is 704. The number of carbonyl (C=O) groups is 2. The molecular formula is C24H38N2O3. The van der Waals surface area contributed by atoms with Gasteiger partial charge >= 0.3 is 0 Å². The summed E-state index contributed by atoms with van der Waals surface area (Å²) >= 11 is 0. The van der Waals surface area contributed by atoms with Crippen molar-refractivity contribution < 1.29 is 14.4 Å². The third kappa shape index (κ3) is 3.19. The van der Waals surface area contributed by atoms with Gasteiger partial charge in [0.15, 0.2) is 0 Å². The summed E-state index contributed by atoms with van der Waals surface area (Å²) in [5.74, 6) is 2.47. The zero-order chi connectivity index (χ0) is 20.8. The van der Waals surface area contributed by atoms with Gasteiger partial charge in [-0.05, 0) is 74.7 Å². The monoisotopic (exact) mass is 402 g/mol. The fourth-order valence-corrected chi connectivity index (χ4v) is 7.78. The van der Waals surface area contributed by atoms with E-state index in [-0.39, 0.29) is 22.7 Å². The summed E-state index contributed by atoms with van der Waals surface area (Å²) in [6.07, 6.45) is 8.14. The van der Waals surface area contributed by atoms with Gasteiger partial charge in [-0.3, -0.25) is 9.59 Å². The number of oxime groups is 1. The lowest BCUT2D eigenvalue weighted by Gasteiger charge is -2.60. The maximum Gasteiger partial charge on any atom is 0.139 e. The molecular weight excluding hydrogens is 364 g/mol. The molecule has 0 aromatic heterocycles. The Morgan fingerprint density at radius 3 is 2.66 bits per heavy atom. The Hall–Kier alpha value is -1.23. The average Bonchev–Trinajstić information content (AvgIpc) is 3.00. The van der Waals surface area contributed by atoms with E-state index in [4.69, 9.17) is 10.6 Å². The fraction of sp³-hybridized carbons (Fsp3) is 0.875. The van der Waals surface area contributed by atoms with Crippen molar-refractivity contribution in [1.82, 2.24) is 0 Å². The highest BCUT2D eigenvalue weighted by molar-refractivity contribution is 5.95. The Balaban J connectivity index is 1.60. The van der Waals surface area contributed by atoms with Crippen molar-refractivity contribution in [3.63, 3.8) is 0 Å². The predicted octanol–water partition coefficient (Wildman–Crippen LogP) is 4.13. The second-order valence-corrected chi connectivity index (χ2v) is 10.5. The van der Waals surface area contributed by atoms with Crippen LogP contribution in [0.4, 0.5) is 0 Å². The van der Waals surface area contributed by atoms with Gasteiger partial charge in [0.2, 0.25) is 0 Å². The first-order valence-electron chi connectivity index (χ1n) is 11.8. The summed E-state index contributed by atoms with van der Waals surface area (Å²) in [6.45, 7) is 7.89. The second kappa shape index (κ2) is 7.79. The molecule has 5 nitrogen and oxygen atoms in total. The molecule has 0 aromatic rings. The van der Waals surface area contributed by atoms with E-state index < -0.39 is 0 Å². The molecule has 5 heteroatoms. The minimum absolute atomic E-state index is 0.0317. The summed E-state index contributed by atoms with van der Waals surface area (Å²) in [5, 5.41) is 4.47. The number of nitrogens with two attached hydrogens (primary N) is 1. The van der Waals surface area contributed by atoms with Crippen LogP contribution in [-0.4, -0.2) is 30.4 Å². The first-order valence-corrected chi connectivity index (χ1v) is 11.8. The van der Waals surface area contributed by atoms with Crippen LogP contribution in [0.5, 0.6) is 0 Å². The lowest BCUT2D eigenvalue weighted by molar-refractivity contribution is -0.156. The first kappa shape index (κ1) is 21.0. The first-order chi connectivity index (χ1) is 13.9. The number of rotatable bonds is 5. The fourth-order valence-electron chi connectivity index (χ4n) is 7.78. The van der Waals surface area contributed by atoms with Crippen LogP contribution < -0.4 is 5.73 Å². The molecule has 0 heterocycles. The summed E-state index contributed by atoms with van der Waals surface area (Å²) in [6, 6.07) is 0. The van der Waals surface area contributed by atoms with Gasteiger partial charge in [-0.15, -0.1) is 0 Å². The smallest absolute Gasteiger partial charge is 0.139 e. The summed E-state index contributed by atoms with van der Waals surface area (Å²) in [5.41, 5.74) is 6.48. The van der Waals surface area contributed by atoms with Crippen molar-refractivity contribution in [3.8, 4) is 0 Å². The molecule has 2 N–H and O–H groups in total. The van der Waals surface area contributed by atoms with Gasteiger partial charge < -0.3 is 10.6 Å². The Morgan fingerprint density at radius 1 is 1.14 bits per heavy atom. The number of Topliss-reactive ketones (excluding diaryl/α,β-unsaturated/α-hetero) is 2. The SMILES string of the molecule is CC[C@H]1/C(=N/OCCCN)CC[C@@]2(C)C1C(=O)C[C@@H]1[C@@H]2CC[C@]2(C)C(=O)CC[C@@H]12. The number of nitrogens with zero attached hydrogens (tertiary/aromatic N) is 1. The van der Waals surface area contributed by atoms with Gasteiger partial charge in [0, 0.05) is 30.1 Å². The molecule has 4 fully saturated rings. The highest BCUT2D eigenvalue weighted by atomic mass is 16.6. The van der Waals surface area contributed by atoms with Crippen LogP contribution >= 0.6 is 0 Å². The van der Waals surface area contributed by atoms with Crippen LogP contribution in [0.1, 0.15) is 78.6 Å². The molecule has 0 radical (unpaired) electrons. The number of hydrogen-bond donors (Lipinski definition) is 1. The standard InChI is InChI=1S/C24H38N2O3/c1-4-15-19(26-29-13-5-12-25)9-11-24(3)18-8-10-23(2)17(6-7-21(23)28)16(18)14-20(27)22(15)24/h15-18,22H,4-14,25H2,1-3H3/b26-19+/t15-,16-,17-,18-,22?,23-,24+/m0/s1. The molecule has 4 saturated carbocycles. The summed E-state index contributed by atoms with van der Waals surface area (Å²) < 4.78 is 0. The van der Waals surface area contributed by atoms with Gasteiger partial charge in [0.05, 0.1) is 5.71 Å². The average molecular weight is 403 g/mol. The zero-order valence-corrected chi connectivity index (χ0v) is 18.4. The van der Waals surface area contributed by atoms with Crippen LogP contribution in [-0.2, 0) is 14.4 Å². The largest absolute Gasteiger partial charge is 0.396 e. The molecule has 4 rings (SSSR count). The van der Waals surface area contributed by atoms with E-state index in [1.54, 1.807) is 0 Å². The Kier molecular flexibility index (Phi) is 5.65. The van der Waals surface area contributed by atoms with Crippen molar-refractivity contribution in [2.45, 2.75) is 78.6 Å². The molecule has 4 aliphatic rings. The number of carbonyl (C=O) groups excluding carboxylic acids is 2. The highest BCUT2D eigenvalue weighted by Crippen LogP contribution is 2.65. The van der Waals surface area contributed by atoms with Crippen LogP contribution in [0.25, 0.3) is 0 Å². The quantitative estimate of drug-likeness (QED) is 0.554. The van der Waals surface area contributed by atoms with Crippen molar-refractivity contribution in [2.75, 3.05) is 13.2 Å². The molecule has 7 atom stereocenters. The normalized spacial score (nSPS) is 45.7. The summed E-state index contributed by atoms with van der Waals surface area (Å²) in [7, 11) is 0. The van der Waals surface area contributed by atoms with E-state index >= 15 is 0 Å². The number of fused-ring (bicyclic) bond motifs is 5. The van der Waals surface area contributed by atoms with E-state index in [1.165, 1.54) is 0 Å². The summed E-state index contributed by atoms with van der Waals surface area (Å²) in [4.78, 5) is 31.7. The van der Waals surface area contributed by atoms with Gasteiger partial charge in [-0.2, -0.15) is 0 Å². The van der Waals surface area contributed by atoms with Crippen LogP contribution in [0, 0.1) is 40.4 Å². The molecule has 0 spiro atoms. The van der Waals surface area contributed by atoms with Crippen LogP contribution in [0.15, 0.2) is 5.16 Å². The highest BCUT2D eigenvalue weighted by Gasteiger charge is 2.63. The molecule has 0 aliphatic heterocycles. The van der Waals surface area contributed by atoms with E-state index in [0.29, 0.717) is 55.3 Å². The minimum atomic E-state index is -0.174. The van der Waals surface area contributed by atoms with Gasteiger partial charge in [-0.1, -0.05) is 25.9 Å². The zero-order valence-electron chi connectivity index (χ0n) is 18.4. The van der Waals surface area contributed by atoms with E-state index in [0.717, 1.165) is 50.7 Å². The number of ketones is 2. The third-order valence-electron chi connectivity index (χ3n) is 9.30. The van der Waals surface area contributed by atoms with Crippen LogP contribution in [0.2, 0.25) is 0 Å². The maximum absolute atomic E-state index is 13.6. The molecule has 4 aliphatic carbocycles. The third-order valence-corrected chi connectivity index (χ3v) is 9.30. The van der Waals surface area contributed by atoms with Gasteiger partial charge in [0.25, 0.3) is 0 Å². The van der Waals surface area contributed by atoms with Crippen molar-refractivity contribution in [2.24, 2.45) is 51.3 Å². The lowest BCUT2D eigenvalue weighted by Crippen LogP contribution is -2.59. The van der Waals surface area contributed by atoms with Crippen molar-refractivity contribution >= 4 is 17.3 Å². The Labute approximate surface area is 175 Å². The molecule has 162 valence electrons. The lowest BCUT2D eigenvalue weighted by atomic mass is 9.43. The van der Waals surface area contributed by atoms with E-state index in [2.05, 4.69) is 25.9 Å². The molecule has 0 aromatic carbocycles. The molecule has 0 amide bonds. The molecule has 0 saturated heterocycles. The topological polar surface area (TPSA) is 81.8 Å². The molecule has 29 heavy (non-hydrogen) atoms. The van der Waals surface area contributed by atoms with Gasteiger partial charge in [0.1, 0.15) is 18.2 Å². The molecule has 1 unspecified atom stereocenters. The van der Waals surface area contributed by atoms with Crippen LogP contribution in [0.3, 0.4) is 0 Å². The van der Waals surface area contributed by atoms with E-state index in [9.17, 15) is 9.59 Å². The van der Waals surface area contributed by atoms with Gasteiger partial charge in [-0.25, -0.2) is 0 Å². The molecule has 0 bridgehead atoms. The minimum Gasteiger partial charge on any atom is -0.396 e. The second-order valence-electron chi connectivity index (χ2n) is 10.5. The number of hydrogen-bond acceptors (Lipinski definition) is 5. The predicted molar refractivity (Wildman–Crippen MR) is 113 cm³/mol. The Morgan fingerprint density at radius 2 is 1.93 bits per heavy atom. The maximum atomic E-state index is 13.6. The van der Waals surface area contributed by atoms with E-state index in [1.807, 2.05) is 0 Å². The van der Waals surface area contributed by atoms with Crippen molar-refractivity contribution in [1.29, 1.82) is 0 Å².